The number of nitrogens with one attached hydrogen (secondary N) is 1. The lowest BCUT2D eigenvalue weighted by Gasteiger charge is -2.07. The van der Waals surface area contributed by atoms with Gasteiger partial charge in [-0.2, -0.15) is 18.4 Å². The molecule has 136 valence electrons. The molecule has 1 aromatic carbocycles. The van der Waals surface area contributed by atoms with Crippen molar-refractivity contribution in [1.29, 1.82) is 5.26 Å². The Morgan fingerprint density at radius 1 is 1.22 bits per heavy atom. The summed E-state index contributed by atoms with van der Waals surface area (Å²) < 4.78 is 45.1. The number of halogens is 3. The lowest BCUT2D eigenvalue weighted by molar-refractivity contribution is -0.137. The molecule has 1 N–H and O–H groups in total. The minimum absolute atomic E-state index is 0.137. The summed E-state index contributed by atoms with van der Waals surface area (Å²) >= 11 is 0. The van der Waals surface area contributed by atoms with Gasteiger partial charge in [0.15, 0.2) is 0 Å². The van der Waals surface area contributed by atoms with Crippen molar-refractivity contribution in [3.8, 4) is 17.4 Å². The highest BCUT2D eigenvalue weighted by Crippen LogP contribution is 2.32. The smallest absolute Gasteiger partial charge is 0.416 e. The zero-order valence-corrected chi connectivity index (χ0v) is 13.4. The molecule has 0 bridgehead atoms. The van der Waals surface area contributed by atoms with Gasteiger partial charge in [-0.3, -0.25) is 10.2 Å². The maximum atomic E-state index is 12.8. The molecule has 0 saturated carbocycles. The van der Waals surface area contributed by atoms with E-state index in [9.17, 15) is 18.0 Å². The zero-order chi connectivity index (χ0) is 19.4. The van der Waals surface area contributed by atoms with Gasteiger partial charge in [-0.15, -0.1) is 10.2 Å². The number of alkyl halides is 3. The Balaban J connectivity index is 1.83. The first-order chi connectivity index (χ1) is 12.9. The Labute approximate surface area is 150 Å². The van der Waals surface area contributed by atoms with E-state index in [0.717, 1.165) is 16.8 Å². The molecule has 0 saturated heterocycles. The summed E-state index contributed by atoms with van der Waals surface area (Å²) in [7, 11) is 0. The fraction of sp³-hybridized carbons (Fsp3) is 0.0588. The zero-order valence-electron chi connectivity index (χ0n) is 13.4. The van der Waals surface area contributed by atoms with Gasteiger partial charge in [0.2, 0.25) is 0 Å². The average molecular weight is 373 g/mol. The second-order valence-corrected chi connectivity index (χ2v) is 5.26. The van der Waals surface area contributed by atoms with Gasteiger partial charge in [0.25, 0.3) is 5.91 Å². The normalized spacial score (nSPS) is 11.9. The SMILES string of the molecule is N#C/C(=C\c1ccc(-c2cccc(C(F)(F)F)c2)o1)C(=O)Nn1cnnc1. The molecule has 3 aromatic rings. The van der Waals surface area contributed by atoms with Crippen molar-refractivity contribution in [2.45, 2.75) is 6.18 Å². The minimum atomic E-state index is -4.47. The van der Waals surface area contributed by atoms with E-state index >= 15 is 0 Å². The molecule has 0 aliphatic heterocycles. The summed E-state index contributed by atoms with van der Waals surface area (Å²) in [4.78, 5) is 12.0. The molecule has 0 unspecified atom stereocenters. The van der Waals surface area contributed by atoms with E-state index in [1.165, 1.54) is 43.0 Å². The number of nitrogens with zero attached hydrogens (tertiary/aromatic N) is 4. The van der Waals surface area contributed by atoms with Gasteiger partial charge >= 0.3 is 6.18 Å². The van der Waals surface area contributed by atoms with Crippen molar-refractivity contribution < 1.29 is 22.4 Å². The molecular weight excluding hydrogens is 363 g/mol. The van der Waals surface area contributed by atoms with Crippen LogP contribution in [0.15, 0.2) is 59.0 Å². The van der Waals surface area contributed by atoms with Crippen LogP contribution in [-0.4, -0.2) is 20.8 Å². The Hall–Kier alpha value is -3.87. The topological polar surface area (TPSA) is 96.7 Å². The first-order valence-corrected chi connectivity index (χ1v) is 7.42. The first-order valence-electron chi connectivity index (χ1n) is 7.42. The van der Waals surface area contributed by atoms with Crippen LogP contribution in [0.5, 0.6) is 0 Å². The standard InChI is InChI=1S/C17H10F3N5O2/c18-17(19,20)13-3-1-2-11(6-13)15-5-4-14(27-15)7-12(8-21)16(26)24-25-9-22-23-10-25/h1-7,9-10H,(H,24,26)/b12-7+. The summed E-state index contributed by atoms with van der Waals surface area (Å²) in [6, 6.07) is 9.26. The van der Waals surface area contributed by atoms with Gasteiger partial charge in [0.05, 0.1) is 5.56 Å². The fourth-order valence-corrected chi connectivity index (χ4v) is 2.16. The average Bonchev–Trinajstić information content (AvgIpc) is 3.31. The van der Waals surface area contributed by atoms with Crippen molar-refractivity contribution in [1.82, 2.24) is 14.9 Å². The number of furan rings is 1. The third-order valence-corrected chi connectivity index (χ3v) is 3.40. The van der Waals surface area contributed by atoms with Crippen LogP contribution >= 0.6 is 0 Å². The number of rotatable bonds is 4. The summed E-state index contributed by atoms with van der Waals surface area (Å²) in [6.07, 6.45) is -0.840. The highest BCUT2D eigenvalue weighted by Gasteiger charge is 2.30. The second kappa shape index (κ2) is 7.17. The summed E-state index contributed by atoms with van der Waals surface area (Å²) in [5.41, 5.74) is 1.49. The molecule has 3 rings (SSSR count). The third kappa shape index (κ3) is 4.21. The predicted octanol–water partition coefficient (Wildman–Crippen LogP) is 3.23. The molecule has 0 atom stereocenters. The number of benzene rings is 1. The number of carbonyl (C=O) groups is 1. The molecule has 0 aliphatic carbocycles. The van der Waals surface area contributed by atoms with Crippen LogP contribution in [0.1, 0.15) is 11.3 Å². The van der Waals surface area contributed by atoms with E-state index < -0.39 is 17.6 Å². The van der Waals surface area contributed by atoms with Crippen molar-refractivity contribution >= 4 is 12.0 Å². The van der Waals surface area contributed by atoms with E-state index in [0.29, 0.717) is 0 Å². The van der Waals surface area contributed by atoms with Crippen LogP contribution in [0, 0.1) is 11.3 Å². The predicted molar refractivity (Wildman–Crippen MR) is 87.1 cm³/mol. The van der Waals surface area contributed by atoms with Crippen molar-refractivity contribution in [3.63, 3.8) is 0 Å². The maximum absolute atomic E-state index is 12.8. The molecule has 0 aliphatic rings. The van der Waals surface area contributed by atoms with Crippen LogP contribution in [-0.2, 0) is 11.0 Å². The van der Waals surface area contributed by atoms with E-state index in [1.807, 2.05) is 0 Å². The highest BCUT2D eigenvalue weighted by atomic mass is 19.4. The summed E-state index contributed by atoms with van der Waals surface area (Å²) in [5, 5.41) is 16.2. The second-order valence-electron chi connectivity index (χ2n) is 5.26. The number of amides is 1. The largest absolute Gasteiger partial charge is 0.457 e. The van der Waals surface area contributed by atoms with Gasteiger partial charge in [-0.1, -0.05) is 12.1 Å². The molecule has 27 heavy (non-hydrogen) atoms. The van der Waals surface area contributed by atoms with Crippen LogP contribution in [0.2, 0.25) is 0 Å². The first kappa shape index (κ1) is 17.9. The minimum Gasteiger partial charge on any atom is -0.457 e. The highest BCUT2D eigenvalue weighted by molar-refractivity contribution is 6.06. The number of hydrogen-bond donors (Lipinski definition) is 1. The maximum Gasteiger partial charge on any atom is 0.416 e. The number of carbonyl (C=O) groups excluding carboxylic acids is 1. The van der Waals surface area contributed by atoms with Crippen LogP contribution in [0.3, 0.4) is 0 Å². The molecule has 0 fully saturated rings. The molecule has 2 aromatic heterocycles. The Bertz CT molecular complexity index is 1030. The Morgan fingerprint density at radius 2 is 1.96 bits per heavy atom. The molecule has 1 amide bonds. The molecule has 2 heterocycles. The fourth-order valence-electron chi connectivity index (χ4n) is 2.16. The Morgan fingerprint density at radius 3 is 2.63 bits per heavy atom. The monoisotopic (exact) mass is 373 g/mol. The van der Waals surface area contributed by atoms with E-state index in [2.05, 4.69) is 15.6 Å². The number of nitriles is 1. The Kier molecular flexibility index (Phi) is 4.76. The van der Waals surface area contributed by atoms with Gasteiger partial charge < -0.3 is 4.42 Å². The molecule has 0 radical (unpaired) electrons. The molecule has 0 spiro atoms. The van der Waals surface area contributed by atoms with E-state index in [-0.39, 0.29) is 22.7 Å². The van der Waals surface area contributed by atoms with E-state index in [4.69, 9.17) is 9.68 Å². The van der Waals surface area contributed by atoms with Crippen molar-refractivity contribution in [2.24, 2.45) is 0 Å². The van der Waals surface area contributed by atoms with Crippen LogP contribution < -0.4 is 5.43 Å². The lowest BCUT2D eigenvalue weighted by Crippen LogP contribution is -2.22. The molecule has 10 heteroatoms. The van der Waals surface area contributed by atoms with Gasteiger partial charge in [0.1, 0.15) is 35.8 Å². The molecule has 7 nitrogen and oxygen atoms in total. The van der Waals surface area contributed by atoms with Gasteiger partial charge in [0, 0.05) is 11.6 Å². The van der Waals surface area contributed by atoms with Crippen LogP contribution in [0.25, 0.3) is 17.4 Å². The summed E-state index contributed by atoms with van der Waals surface area (Å²) in [6.45, 7) is 0. The number of aromatic nitrogens is 3. The van der Waals surface area contributed by atoms with E-state index in [1.54, 1.807) is 6.07 Å². The van der Waals surface area contributed by atoms with Gasteiger partial charge in [-0.05, 0) is 24.3 Å². The van der Waals surface area contributed by atoms with Crippen LogP contribution in [0.4, 0.5) is 13.2 Å². The lowest BCUT2D eigenvalue weighted by atomic mass is 10.1. The van der Waals surface area contributed by atoms with Crippen molar-refractivity contribution in [2.75, 3.05) is 5.43 Å². The van der Waals surface area contributed by atoms with Crippen molar-refractivity contribution in [3.05, 3.63) is 65.9 Å². The summed E-state index contributed by atoms with van der Waals surface area (Å²) in [5.74, 6) is -0.420. The quantitative estimate of drug-likeness (QED) is 0.559. The molecular formula is C17H10F3N5O2. The third-order valence-electron chi connectivity index (χ3n) is 3.40. The number of hydrogen-bond acceptors (Lipinski definition) is 5. The van der Waals surface area contributed by atoms with Gasteiger partial charge in [-0.25, -0.2) is 4.68 Å².